The van der Waals surface area contributed by atoms with Gasteiger partial charge in [0.1, 0.15) is 5.82 Å². The highest BCUT2D eigenvalue weighted by Crippen LogP contribution is 2.18. The lowest BCUT2D eigenvalue weighted by Gasteiger charge is -2.11. The highest BCUT2D eigenvalue weighted by molar-refractivity contribution is 7.85. The first kappa shape index (κ1) is 14.6. The molecule has 1 aromatic carbocycles. The zero-order valence-corrected chi connectivity index (χ0v) is 11.6. The van der Waals surface area contributed by atoms with Crippen molar-refractivity contribution >= 4 is 22.4 Å². The van der Waals surface area contributed by atoms with E-state index in [4.69, 9.17) is 11.6 Å². The van der Waals surface area contributed by atoms with Gasteiger partial charge in [-0.3, -0.25) is 4.21 Å². The minimum Gasteiger partial charge on any atom is -0.315 e. The first-order valence-electron chi connectivity index (χ1n) is 5.61. The molecule has 1 rings (SSSR count). The molecule has 96 valence electrons. The van der Waals surface area contributed by atoms with Crippen molar-refractivity contribution in [1.29, 1.82) is 0 Å². The monoisotopic (exact) mass is 277 g/mol. The van der Waals surface area contributed by atoms with E-state index in [0.717, 1.165) is 13.0 Å². The fourth-order valence-corrected chi connectivity index (χ4v) is 2.99. The number of hydrogen-bond donors (Lipinski definition) is 1. The molecular weight excluding hydrogens is 261 g/mol. The van der Waals surface area contributed by atoms with E-state index >= 15 is 0 Å². The van der Waals surface area contributed by atoms with Crippen LogP contribution in [0.25, 0.3) is 0 Å². The Morgan fingerprint density at radius 3 is 2.82 bits per heavy atom. The van der Waals surface area contributed by atoms with Crippen LogP contribution >= 0.6 is 11.6 Å². The third-order valence-corrected chi connectivity index (χ3v) is 4.12. The topological polar surface area (TPSA) is 29.1 Å². The van der Waals surface area contributed by atoms with Crippen LogP contribution in [0, 0.1) is 5.82 Å². The van der Waals surface area contributed by atoms with E-state index in [2.05, 4.69) is 12.2 Å². The number of hydrogen-bond acceptors (Lipinski definition) is 2. The molecule has 2 atom stereocenters. The van der Waals surface area contributed by atoms with Gasteiger partial charge < -0.3 is 5.32 Å². The molecule has 0 saturated carbocycles. The van der Waals surface area contributed by atoms with E-state index in [1.807, 2.05) is 6.92 Å². The molecule has 0 amide bonds. The molecule has 0 spiro atoms. The molecule has 5 heteroatoms. The summed E-state index contributed by atoms with van der Waals surface area (Å²) >= 11 is 5.65. The van der Waals surface area contributed by atoms with Crippen LogP contribution in [0.5, 0.6) is 0 Å². The van der Waals surface area contributed by atoms with Crippen molar-refractivity contribution in [2.24, 2.45) is 0 Å². The summed E-state index contributed by atoms with van der Waals surface area (Å²) in [5.41, 5.74) is 0. The lowest BCUT2D eigenvalue weighted by Crippen LogP contribution is -2.27. The van der Waals surface area contributed by atoms with Crippen molar-refractivity contribution in [2.45, 2.75) is 31.2 Å². The van der Waals surface area contributed by atoms with E-state index in [0.29, 0.717) is 16.7 Å². The SMILES string of the molecule is CCNC(C)CCS(=O)c1ccc(F)c(Cl)c1. The molecule has 1 N–H and O–H groups in total. The van der Waals surface area contributed by atoms with E-state index in [-0.39, 0.29) is 5.02 Å². The molecule has 0 saturated heterocycles. The number of benzene rings is 1. The fourth-order valence-electron chi connectivity index (χ4n) is 1.47. The largest absolute Gasteiger partial charge is 0.315 e. The Balaban J connectivity index is 2.55. The van der Waals surface area contributed by atoms with Crippen LogP contribution in [0.3, 0.4) is 0 Å². The van der Waals surface area contributed by atoms with Gasteiger partial charge in [0.05, 0.1) is 15.8 Å². The zero-order valence-electron chi connectivity index (χ0n) is 10.0. The van der Waals surface area contributed by atoms with Crippen LogP contribution < -0.4 is 5.32 Å². The van der Waals surface area contributed by atoms with E-state index in [1.165, 1.54) is 18.2 Å². The number of halogens is 2. The highest BCUT2D eigenvalue weighted by Gasteiger charge is 2.09. The van der Waals surface area contributed by atoms with Crippen molar-refractivity contribution in [2.75, 3.05) is 12.3 Å². The molecule has 2 nitrogen and oxygen atoms in total. The van der Waals surface area contributed by atoms with E-state index in [9.17, 15) is 8.60 Å². The summed E-state index contributed by atoms with van der Waals surface area (Å²) in [4.78, 5) is 0.583. The quantitative estimate of drug-likeness (QED) is 0.866. The summed E-state index contributed by atoms with van der Waals surface area (Å²) in [7, 11) is -1.12. The second kappa shape index (κ2) is 7.09. The normalized spacial score (nSPS) is 14.6. The van der Waals surface area contributed by atoms with Gasteiger partial charge in [0.15, 0.2) is 0 Å². The van der Waals surface area contributed by atoms with Gasteiger partial charge in [0, 0.05) is 16.7 Å². The Hall–Kier alpha value is -0.450. The Morgan fingerprint density at radius 2 is 2.24 bits per heavy atom. The molecule has 0 aromatic heterocycles. The summed E-state index contributed by atoms with van der Waals surface area (Å²) in [5.74, 6) is 0.0734. The van der Waals surface area contributed by atoms with Gasteiger partial charge >= 0.3 is 0 Å². The zero-order chi connectivity index (χ0) is 12.8. The Labute approximate surface area is 109 Å². The fraction of sp³-hybridized carbons (Fsp3) is 0.500. The molecule has 0 aliphatic carbocycles. The van der Waals surface area contributed by atoms with Gasteiger partial charge in [0.2, 0.25) is 0 Å². The van der Waals surface area contributed by atoms with Crippen LogP contribution in [0.2, 0.25) is 5.02 Å². The molecule has 0 radical (unpaired) electrons. The minimum absolute atomic E-state index is 0.0237. The Bertz CT molecular complexity index is 400. The second-order valence-corrected chi connectivity index (χ2v) is 5.85. The molecule has 0 heterocycles. The van der Waals surface area contributed by atoms with Crippen molar-refractivity contribution < 1.29 is 8.60 Å². The van der Waals surface area contributed by atoms with Crippen molar-refractivity contribution in [3.05, 3.63) is 29.0 Å². The summed E-state index contributed by atoms with van der Waals surface area (Å²) in [6.07, 6.45) is 0.815. The number of nitrogens with one attached hydrogen (secondary N) is 1. The van der Waals surface area contributed by atoms with Gasteiger partial charge in [-0.1, -0.05) is 18.5 Å². The van der Waals surface area contributed by atoms with E-state index in [1.54, 1.807) is 0 Å². The van der Waals surface area contributed by atoms with Crippen LogP contribution in [0.1, 0.15) is 20.3 Å². The summed E-state index contributed by atoms with van der Waals surface area (Å²) < 4.78 is 24.9. The van der Waals surface area contributed by atoms with Gasteiger partial charge in [-0.05, 0) is 38.1 Å². The molecule has 0 aliphatic heterocycles. The summed E-state index contributed by atoms with van der Waals surface area (Å²) in [6.45, 7) is 4.99. The first-order valence-corrected chi connectivity index (χ1v) is 7.31. The van der Waals surface area contributed by atoms with Crippen LogP contribution in [-0.4, -0.2) is 22.5 Å². The van der Waals surface area contributed by atoms with Crippen LogP contribution in [0.15, 0.2) is 23.1 Å². The maximum Gasteiger partial charge on any atom is 0.141 e. The number of rotatable bonds is 6. The smallest absolute Gasteiger partial charge is 0.141 e. The van der Waals surface area contributed by atoms with Crippen LogP contribution in [-0.2, 0) is 10.8 Å². The molecule has 17 heavy (non-hydrogen) atoms. The molecule has 0 bridgehead atoms. The average molecular weight is 278 g/mol. The van der Waals surface area contributed by atoms with Crippen molar-refractivity contribution in [1.82, 2.24) is 5.32 Å². The second-order valence-electron chi connectivity index (χ2n) is 3.87. The van der Waals surface area contributed by atoms with Crippen LogP contribution in [0.4, 0.5) is 4.39 Å². The van der Waals surface area contributed by atoms with Gasteiger partial charge in [0.25, 0.3) is 0 Å². The third-order valence-electron chi connectivity index (χ3n) is 2.44. The lowest BCUT2D eigenvalue weighted by atomic mass is 10.3. The standard InChI is InChI=1S/C12H17ClFNOS/c1-3-15-9(2)6-7-17(16)10-4-5-12(14)11(13)8-10/h4-5,8-9,15H,3,6-7H2,1-2H3. The molecular formula is C12H17ClFNOS. The average Bonchev–Trinajstić information content (AvgIpc) is 2.30. The van der Waals surface area contributed by atoms with Crippen molar-refractivity contribution in [3.8, 4) is 0 Å². The predicted molar refractivity (Wildman–Crippen MR) is 70.4 cm³/mol. The summed E-state index contributed by atoms with van der Waals surface area (Å²) in [6, 6.07) is 4.54. The van der Waals surface area contributed by atoms with Crippen molar-refractivity contribution in [3.63, 3.8) is 0 Å². The Morgan fingerprint density at radius 1 is 1.53 bits per heavy atom. The molecule has 0 aliphatic rings. The van der Waals surface area contributed by atoms with E-state index < -0.39 is 16.6 Å². The minimum atomic E-state index is -1.12. The van der Waals surface area contributed by atoms with Gasteiger partial charge in [-0.25, -0.2) is 4.39 Å². The maximum absolute atomic E-state index is 12.9. The lowest BCUT2D eigenvalue weighted by molar-refractivity contribution is 0.553. The maximum atomic E-state index is 12.9. The molecule has 0 fully saturated rings. The molecule has 1 aromatic rings. The predicted octanol–water partition coefficient (Wildman–Crippen LogP) is 2.97. The first-order chi connectivity index (χ1) is 8.04. The molecule has 2 unspecified atom stereocenters. The third kappa shape index (κ3) is 4.74. The summed E-state index contributed by atoms with van der Waals surface area (Å²) in [5, 5.41) is 3.28. The van der Waals surface area contributed by atoms with Gasteiger partial charge in [-0.2, -0.15) is 0 Å². The highest BCUT2D eigenvalue weighted by atomic mass is 35.5. The van der Waals surface area contributed by atoms with Gasteiger partial charge in [-0.15, -0.1) is 0 Å². The Kier molecular flexibility index (Phi) is 6.09.